The molecule has 1 saturated heterocycles. The average Bonchev–Trinajstić information content (AvgIpc) is 2.37. The lowest BCUT2D eigenvalue weighted by atomic mass is 9.85. The van der Waals surface area contributed by atoms with Gasteiger partial charge in [-0.2, -0.15) is 0 Å². The van der Waals surface area contributed by atoms with E-state index in [1.54, 1.807) is 6.07 Å². The lowest BCUT2D eigenvalue weighted by Gasteiger charge is -2.29. The van der Waals surface area contributed by atoms with E-state index >= 15 is 0 Å². The molecule has 1 aromatic rings. The third-order valence-corrected chi connectivity index (χ3v) is 5.04. The first-order valence-electron chi connectivity index (χ1n) is 6.34. The Bertz CT molecular complexity index is 448. The summed E-state index contributed by atoms with van der Waals surface area (Å²) in [6.45, 7) is 5.52. The predicted octanol–water partition coefficient (Wildman–Crippen LogP) is 3.62. The van der Waals surface area contributed by atoms with Crippen LogP contribution in [0.2, 0.25) is 0 Å². The average molecular weight is 351 g/mol. The number of rotatable bonds is 2. The van der Waals surface area contributed by atoms with Crippen LogP contribution in [0.4, 0.5) is 0 Å². The second-order valence-corrected chi connectivity index (χ2v) is 5.83. The van der Waals surface area contributed by atoms with Gasteiger partial charge in [-0.05, 0) is 49.8 Å². The Hall–Kier alpha value is -0.290. The number of hydrogen-bond donors (Lipinski definition) is 2. The minimum Gasteiger partial charge on any atom is -0.508 e. The number of hydrogen-bond acceptors (Lipinski definition) is 3. The molecule has 108 valence electrons. The minimum atomic E-state index is -0.120. The van der Waals surface area contributed by atoms with Crippen LogP contribution in [0.1, 0.15) is 35.6 Å². The van der Waals surface area contributed by atoms with Crippen molar-refractivity contribution >= 4 is 28.3 Å². The smallest absolute Gasteiger partial charge is 0.120 e. The molecule has 1 fully saturated rings. The molecule has 1 aromatic carbocycles. The first kappa shape index (κ1) is 16.8. The summed E-state index contributed by atoms with van der Waals surface area (Å²) in [6, 6.07) is 1.66. The maximum atomic E-state index is 10.2. The van der Waals surface area contributed by atoms with E-state index in [4.69, 9.17) is 10.5 Å². The molecular formula is C14H21BrClNO2. The molecule has 5 heteroatoms. The fourth-order valence-corrected chi connectivity index (χ4v) is 3.01. The predicted molar refractivity (Wildman–Crippen MR) is 83.0 cm³/mol. The van der Waals surface area contributed by atoms with Crippen molar-refractivity contribution < 1.29 is 9.84 Å². The Morgan fingerprint density at radius 1 is 1.37 bits per heavy atom. The molecule has 0 amide bonds. The second-order valence-electron chi connectivity index (χ2n) is 5.04. The lowest BCUT2D eigenvalue weighted by Crippen LogP contribution is -2.28. The molecule has 3 N–H and O–H groups in total. The number of phenolic OH excluding ortho intramolecular Hbond substituents is 1. The summed E-state index contributed by atoms with van der Waals surface area (Å²) in [6.07, 6.45) is 1.93. The van der Waals surface area contributed by atoms with Crippen molar-refractivity contribution in [3.05, 3.63) is 27.2 Å². The van der Waals surface area contributed by atoms with Gasteiger partial charge < -0.3 is 15.6 Å². The molecule has 1 heterocycles. The Morgan fingerprint density at radius 3 is 2.53 bits per heavy atom. The highest BCUT2D eigenvalue weighted by Crippen LogP contribution is 2.39. The summed E-state index contributed by atoms with van der Waals surface area (Å²) in [5.74, 6) is 0.699. The van der Waals surface area contributed by atoms with Crippen LogP contribution >= 0.6 is 28.3 Å². The number of nitrogens with two attached hydrogens (primary N) is 1. The third-order valence-electron chi connectivity index (χ3n) is 3.82. The molecule has 0 unspecified atom stereocenters. The zero-order chi connectivity index (χ0) is 13.3. The molecule has 2 rings (SSSR count). The summed E-state index contributed by atoms with van der Waals surface area (Å²) in [5.41, 5.74) is 9.31. The van der Waals surface area contributed by atoms with Gasteiger partial charge in [-0.3, -0.25) is 0 Å². The highest BCUT2D eigenvalue weighted by molar-refractivity contribution is 9.10. The number of halogens is 2. The van der Waals surface area contributed by atoms with Crippen molar-refractivity contribution in [3.63, 3.8) is 0 Å². The summed E-state index contributed by atoms with van der Waals surface area (Å²) in [5, 5.41) is 10.2. The highest BCUT2D eigenvalue weighted by Gasteiger charge is 2.26. The van der Waals surface area contributed by atoms with Crippen molar-refractivity contribution in [1.29, 1.82) is 0 Å². The first-order chi connectivity index (χ1) is 8.52. The largest absolute Gasteiger partial charge is 0.508 e. The van der Waals surface area contributed by atoms with Crippen LogP contribution in [-0.4, -0.2) is 18.3 Å². The molecule has 0 aliphatic carbocycles. The Kier molecular flexibility index (Phi) is 6.12. The quantitative estimate of drug-likeness (QED) is 0.856. The van der Waals surface area contributed by atoms with Gasteiger partial charge in [-0.25, -0.2) is 0 Å². The van der Waals surface area contributed by atoms with Crippen LogP contribution < -0.4 is 5.73 Å². The third kappa shape index (κ3) is 3.43. The van der Waals surface area contributed by atoms with E-state index in [2.05, 4.69) is 15.9 Å². The van der Waals surface area contributed by atoms with Gasteiger partial charge in [0.25, 0.3) is 0 Å². The maximum absolute atomic E-state index is 10.2. The second kappa shape index (κ2) is 6.93. The summed E-state index contributed by atoms with van der Waals surface area (Å²) >= 11 is 3.57. The fraction of sp³-hybridized carbons (Fsp3) is 0.571. The summed E-state index contributed by atoms with van der Waals surface area (Å²) in [7, 11) is 0. The van der Waals surface area contributed by atoms with Crippen LogP contribution in [0.3, 0.4) is 0 Å². The topological polar surface area (TPSA) is 55.5 Å². The molecule has 1 atom stereocenters. The van der Waals surface area contributed by atoms with E-state index in [1.165, 1.54) is 0 Å². The van der Waals surface area contributed by atoms with E-state index < -0.39 is 0 Å². The first-order valence-corrected chi connectivity index (χ1v) is 7.13. The van der Waals surface area contributed by atoms with Crippen LogP contribution in [0.5, 0.6) is 5.75 Å². The molecule has 19 heavy (non-hydrogen) atoms. The van der Waals surface area contributed by atoms with Gasteiger partial charge >= 0.3 is 0 Å². The van der Waals surface area contributed by atoms with Crippen molar-refractivity contribution in [3.8, 4) is 5.75 Å². The molecule has 0 aromatic heterocycles. The SMILES string of the molecule is Cc1cc(O)c([C@@H](N)C2CCOCC2)c(C)c1Br.Cl. The zero-order valence-corrected chi connectivity index (χ0v) is 13.7. The van der Waals surface area contributed by atoms with Gasteiger partial charge in [0.05, 0.1) is 0 Å². The minimum absolute atomic E-state index is 0. The molecule has 0 bridgehead atoms. The van der Waals surface area contributed by atoms with E-state index in [-0.39, 0.29) is 18.4 Å². The zero-order valence-electron chi connectivity index (χ0n) is 11.3. The maximum Gasteiger partial charge on any atom is 0.120 e. The van der Waals surface area contributed by atoms with Crippen LogP contribution in [0, 0.1) is 19.8 Å². The number of phenols is 1. The number of ether oxygens (including phenoxy) is 1. The molecular weight excluding hydrogens is 330 g/mol. The van der Waals surface area contributed by atoms with Gasteiger partial charge in [0.1, 0.15) is 5.75 Å². The van der Waals surface area contributed by atoms with Gasteiger partial charge in [-0.15, -0.1) is 12.4 Å². The molecule has 1 aliphatic rings. The van der Waals surface area contributed by atoms with Crippen molar-refractivity contribution in [2.24, 2.45) is 11.7 Å². The van der Waals surface area contributed by atoms with Crippen molar-refractivity contribution in [1.82, 2.24) is 0 Å². The van der Waals surface area contributed by atoms with Crippen LogP contribution in [-0.2, 0) is 4.74 Å². The van der Waals surface area contributed by atoms with E-state index in [1.807, 2.05) is 13.8 Å². The molecule has 0 radical (unpaired) electrons. The molecule has 1 aliphatic heterocycles. The van der Waals surface area contributed by atoms with Gasteiger partial charge in [-0.1, -0.05) is 15.9 Å². The van der Waals surface area contributed by atoms with Gasteiger partial charge in [0, 0.05) is 29.3 Å². The van der Waals surface area contributed by atoms with Gasteiger partial charge in [0.2, 0.25) is 0 Å². The van der Waals surface area contributed by atoms with Crippen molar-refractivity contribution in [2.75, 3.05) is 13.2 Å². The monoisotopic (exact) mass is 349 g/mol. The van der Waals surface area contributed by atoms with E-state index in [0.29, 0.717) is 11.7 Å². The van der Waals surface area contributed by atoms with Crippen molar-refractivity contribution in [2.45, 2.75) is 32.7 Å². The normalized spacial score (nSPS) is 17.9. The Balaban J connectivity index is 0.00000180. The number of aromatic hydroxyl groups is 1. The number of aryl methyl sites for hydroxylation is 1. The summed E-state index contributed by atoms with van der Waals surface area (Å²) < 4.78 is 6.40. The Labute approximate surface area is 129 Å². The van der Waals surface area contributed by atoms with E-state index in [9.17, 15) is 5.11 Å². The standard InChI is InChI=1S/C14H20BrNO2.ClH/c1-8-7-11(17)12(9(2)13(8)15)14(16)10-3-5-18-6-4-10;/h7,10,14,17H,3-6,16H2,1-2H3;1H/t14-;/m0./s1. The van der Waals surface area contributed by atoms with Gasteiger partial charge in [0.15, 0.2) is 0 Å². The fourth-order valence-electron chi connectivity index (χ4n) is 2.68. The summed E-state index contributed by atoms with van der Waals surface area (Å²) in [4.78, 5) is 0. The molecule has 0 spiro atoms. The lowest BCUT2D eigenvalue weighted by molar-refractivity contribution is 0.0580. The number of benzene rings is 1. The Morgan fingerprint density at radius 2 is 1.95 bits per heavy atom. The molecule has 3 nitrogen and oxygen atoms in total. The van der Waals surface area contributed by atoms with Crippen LogP contribution in [0.15, 0.2) is 10.5 Å². The van der Waals surface area contributed by atoms with E-state index in [0.717, 1.165) is 47.2 Å². The highest BCUT2D eigenvalue weighted by atomic mass is 79.9. The molecule has 0 saturated carbocycles. The van der Waals surface area contributed by atoms with Crippen LogP contribution in [0.25, 0.3) is 0 Å².